The highest BCUT2D eigenvalue weighted by atomic mass is 32.1. The number of carbonyl (C=O) groups is 2. The maximum atomic E-state index is 14.6. The monoisotopic (exact) mass is 438 g/mol. The third-order valence-electron chi connectivity index (χ3n) is 6.14. The van der Waals surface area contributed by atoms with Gasteiger partial charge in [0.25, 0.3) is 5.91 Å². The molecule has 0 N–H and O–H groups in total. The molecule has 0 saturated heterocycles. The number of fused-ring (bicyclic) bond motifs is 1. The molecule has 1 aliphatic heterocycles. The van der Waals surface area contributed by atoms with Crippen molar-refractivity contribution in [2.75, 3.05) is 4.90 Å². The lowest BCUT2D eigenvalue weighted by atomic mass is 9.94. The summed E-state index contributed by atoms with van der Waals surface area (Å²) in [5, 5.41) is 1.90. The van der Waals surface area contributed by atoms with E-state index in [1.54, 1.807) is 0 Å². The summed E-state index contributed by atoms with van der Waals surface area (Å²) in [6, 6.07) is 10.6. The Bertz CT molecular complexity index is 1000. The van der Waals surface area contributed by atoms with Crippen LogP contribution in [-0.4, -0.2) is 22.8 Å². The van der Waals surface area contributed by atoms with E-state index in [-0.39, 0.29) is 30.0 Å². The summed E-state index contributed by atoms with van der Waals surface area (Å²) >= 11 is 1.47. The molecule has 0 spiro atoms. The van der Waals surface area contributed by atoms with Crippen molar-refractivity contribution in [1.82, 2.24) is 4.90 Å². The van der Waals surface area contributed by atoms with Crippen LogP contribution in [0.4, 0.5) is 10.1 Å². The van der Waals surface area contributed by atoms with Crippen molar-refractivity contribution >= 4 is 28.8 Å². The summed E-state index contributed by atoms with van der Waals surface area (Å²) in [5.41, 5.74) is 1.64. The van der Waals surface area contributed by atoms with Gasteiger partial charge >= 0.3 is 0 Å². The van der Waals surface area contributed by atoms with Crippen molar-refractivity contribution in [3.05, 3.63) is 76.4 Å². The van der Waals surface area contributed by atoms with Crippen molar-refractivity contribution in [1.29, 1.82) is 0 Å². The van der Waals surface area contributed by atoms with Crippen molar-refractivity contribution in [2.24, 2.45) is 0 Å². The molecule has 31 heavy (non-hydrogen) atoms. The van der Waals surface area contributed by atoms with Crippen LogP contribution in [0.5, 0.6) is 0 Å². The molecular weight excluding hydrogens is 411 g/mol. The van der Waals surface area contributed by atoms with Gasteiger partial charge in [-0.3, -0.25) is 14.5 Å². The van der Waals surface area contributed by atoms with Crippen LogP contribution in [0.3, 0.4) is 0 Å². The molecule has 1 aliphatic carbocycles. The van der Waals surface area contributed by atoms with Crippen molar-refractivity contribution in [2.45, 2.75) is 57.5 Å². The molecule has 1 aromatic heterocycles. The second-order valence-electron chi connectivity index (χ2n) is 8.10. The van der Waals surface area contributed by atoms with Crippen LogP contribution >= 0.6 is 11.3 Å². The first-order valence-electron chi connectivity index (χ1n) is 10.8. The van der Waals surface area contributed by atoms with Gasteiger partial charge in [0.2, 0.25) is 5.91 Å². The molecule has 1 atom stereocenters. The second-order valence-corrected chi connectivity index (χ2v) is 9.14. The molecular formula is C25H27FN2O2S. The summed E-state index contributed by atoms with van der Waals surface area (Å²) in [7, 11) is 0. The minimum atomic E-state index is -0.885. The zero-order valence-corrected chi connectivity index (χ0v) is 18.5. The molecule has 1 fully saturated rings. The fourth-order valence-electron chi connectivity index (χ4n) is 4.76. The molecule has 1 unspecified atom stereocenters. The standard InChI is InChI=1S/C25H27FN2O2S/c1-3-21(17(2)26)28(23(29)16-19-12-9-15-31-19)24-20-13-7-8-14-22(20)27(25(24)30)18-10-5-4-6-11-18/h3,7-9,12-15,18,24H,1,4-6,10-11,16H2,2H3/b21-17-. The SMILES string of the molecule is C=C/C(=C(\C)F)N(C(=O)Cc1cccs1)C1C(=O)N(C2CCCCC2)c2ccccc21. The van der Waals surface area contributed by atoms with E-state index < -0.39 is 11.9 Å². The summed E-state index contributed by atoms with van der Waals surface area (Å²) in [6.07, 6.45) is 6.69. The molecule has 162 valence electrons. The van der Waals surface area contributed by atoms with Crippen LogP contribution in [0.25, 0.3) is 0 Å². The molecule has 4 rings (SSSR count). The number of thiophene rings is 1. The number of allylic oxidation sites excluding steroid dienone is 2. The van der Waals surface area contributed by atoms with E-state index in [0.717, 1.165) is 41.8 Å². The zero-order chi connectivity index (χ0) is 22.0. The molecule has 4 nitrogen and oxygen atoms in total. The summed E-state index contributed by atoms with van der Waals surface area (Å²) in [6.45, 7) is 5.03. The predicted molar refractivity (Wildman–Crippen MR) is 122 cm³/mol. The Labute approximate surface area is 186 Å². The second kappa shape index (κ2) is 9.18. The molecule has 0 radical (unpaired) electrons. The topological polar surface area (TPSA) is 40.6 Å². The highest BCUT2D eigenvalue weighted by Crippen LogP contribution is 2.44. The van der Waals surface area contributed by atoms with Crippen LogP contribution in [0, 0.1) is 0 Å². The molecule has 1 saturated carbocycles. The number of nitrogens with zero attached hydrogens (tertiary/aromatic N) is 2. The highest BCUT2D eigenvalue weighted by molar-refractivity contribution is 7.10. The molecule has 2 aromatic rings. The van der Waals surface area contributed by atoms with E-state index in [1.165, 1.54) is 35.7 Å². The first kappa shape index (κ1) is 21.5. The Morgan fingerprint density at radius 3 is 2.61 bits per heavy atom. The minimum absolute atomic E-state index is 0.0557. The third-order valence-corrected chi connectivity index (χ3v) is 7.02. The lowest BCUT2D eigenvalue weighted by molar-refractivity contribution is -0.136. The van der Waals surface area contributed by atoms with Gasteiger partial charge in [0.05, 0.1) is 12.1 Å². The smallest absolute Gasteiger partial charge is 0.255 e. The number of para-hydroxylation sites is 1. The Balaban J connectivity index is 1.78. The normalized spacial score (nSPS) is 19.7. The molecule has 1 aromatic carbocycles. The van der Waals surface area contributed by atoms with Gasteiger partial charge in [-0.25, -0.2) is 4.39 Å². The van der Waals surface area contributed by atoms with Gasteiger partial charge in [-0.1, -0.05) is 50.1 Å². The number of halogens is 1. The molecule has 2 heterocycles. The first-order chi connectivity index (χ1) is 15.0. The average molecular weight is 439 g/mol. The Morgan fingerprint density at radius 2 is 1.97 bits per heavy atom. The lowest BCUT2D eigenvalue weighted by Gasteiger charge is -2.33. The van der Waals surface area contributed by atoms with Crippen LogP contribution in [0.2, 0.25) is 0 Å². The van der Waals surface area contributed by atoms with Gasteiger partial charge in [-0.2, -0.15) is 0 Å². The van der Waals surface area contributed by atoms with Gasteiger partial charge in [0.1, 0.15) is 11.9 Å². The molecule has 0 bridgehead atoms. The summed E-state index contributed by atoms with van der Waals surface area (Å²) in [5.74, 6) is -1.00. The summed E-state index contributed by atoms with van der Waals surface area (Å²) < 4.78 is 14.6. The quantitative estimate of drug-likeness (QED) is 0.525. The predicted octanol–water partition coefficient (Wildman–Crippen LogP) is 5.93. The Morgan fingerprint density at radius 1 is 1.23 bits per heavy atom. The summed E-state index contributed by atoms with van der Waals surface area (Å²) in [4.78, 5) is 31.3. The zero-order valence-electron chi connectivity index (χ0n) is 17.7. The van der Waals surface area contributed by atoms with Gasteiger partial charge in [0, 0.05) is 22.2 Å². The minimum Gasteiger partial charge on any atom is -0.307 e. The first-order valence-corrected chi connectivity index (χ1v) is 11.7. The van der Waals surface area contributed by atoms with Crippen LogP contribution in [0.1, 0.15) is 55.5 Å². The number of carbonyl (C=O) groups excluding carboxylic acids is 2. The van der Waals surface area contributed by atoms with E-state index in [0.29, 0.717) is 0 Å². The number of amides is 2. The fraction of sp³-hybridized carbons (Fsp3) is 0.360. The van der Waals surface area contributed by atoms with E-state index in [9.17, 15) is 14.0 Å². The molecule has 2 aliphatic rings. The Hall–Kier alpha value is -2.73. The van der Waals surface area contributed by atoms with E-state index in [4.69, 9.17) is 0 Å². The van der Waals surface area contributed by atoms with Gasteiger partial charge in [0.15, 0.2) is 0 Å². The van der Waals surface area contributed by atoms with Crippen LogP contribution in [0.15, 0.2) is 66.0 Å². The third kappa shape index (κ3) is 4.09. The maximum Gasteiger partial charge on any atom is 0.255 e. The number of hydrogen-bond acceptors (Lipinski definition) is 3. The van der Waals surface area contributed by atoms with Crippen LogP contribution in [-0.2, 0) is 16.0 Å². The van der Waals surface area contributed by atoms with E-state index in [2.05, 4.69) is 6.58 Å². The van der Waals surface area contributed by atoms with Gasteiger partial charge < -0.3 is 4.90 Å². The van der Waals surface area contributed by atoms with Crippen molar-refractivity contribution in [3.8, 4) is 0 Å². The lowest BCUT2D eigenvalue weighted by Crippen LogP contribution is -2.45. The molecule has 6 heteroatoms. The van der Waals surface area contributed by atoms with Crippen molar-refractivity contribution in [3.63, 3.8) is 0 Å². The number of anilines is 1. The fourth-order valence-corrected chi connectivity index (χ4v) is 5.45. The number of rotatable bonds is 6. The van der Waals surface area contributed by atoms with Crippen molar-refractivity contribution < 1.29 is 14.0 Å². The van der Waals surface area contributed by atoms with E-state index >= 15 is 0 Å². The van der Waals surface area contributed by atoms with E-state index in [1.807, 2.05) is 46.7 Å². The molecule has 2 amide bonds. The van der Waals surface area contributed by atoms with Crippen LogP contribution < -0.4 is 4.90 Å². The Kier molecular flexibility index (Phi) is 6.37. The maximum absolute atomic E-state index is 14.6. The largest absolute Gasteiger partial charge is 0.307 e. The number of benzene rings is 1. The number of hydrogen-bond donors (Lipinski definition) is 0. The average Bonchev–Trinajstić information content (AvgIpc) is 3.37. The highest BCUT2D eigenvalue weighted by Gasteiger charge is 2.46. The van der Waals surface area contributed by atoms with Gasteiger partial charge in [-0.15, -0.1) is 11.3 Å². The van der Waals surface area contributed by atoms with Gasteiger partial charge in [-0.05, 0) is 43.4 Å².